The zero-order valence-corrected chi connectivity index (χ0v) is 27.8. The van der Waals surface area contributed by atoms with E-state index in [1.165, 1.54) is 11.8 Å². The zero-order valence-electron chi connectivity index (χ0n) is 27.0. The van der Waals surface area contributed by atoms with Crippen LogP contribution in [0.3, 0.4) is 0 Å². The Labute approximate surface area is 276 Å². The second-order valence-electron chi connectivity index (χ2n) is 12.1. The van der Waals surface area contributed by atoms with Gasteiger partial charge in [-0.15, -0.1) is 0 Å². The maximum absolute atomic E-state index is 13.8. The Morgan fingerprint density at radius 3 is 2.46 bits per heavy atom. The van der Waals surface area contributed by atoms with Gasteiger partial charge in [0.15, 0.2) is 0 Å². The van der Waals surface area contributed by atoms with Gasteiger partial charge in [-0.05, 0) is 52.7 Å². The largest absolute Gasteiger partial charge is 0.480 e. The van der Waals surface area contributed by atoms with Gasteiger partial charge in [-0.25, -0.2) is 4.79 Å². The van der Waals surface area contributed by atoms with E-state index in [1.807, 2.05) is 77.9 Å². The second-order valence-corrected chi connectivity index (χ2v) is 13.1. The molecule has 0 radical (unpaired) electrons. The number of carbonyl (C=O) groups is 4. The van der Waals surface area contributed by atoms with Crippen LogP contribution in [0.15, 0.2) is 72.8 Å². The SMILES string of the molecule is CC[C@H](C)[C@@H](CN(CC(=O)N[C@@H](CCSC)C(=O)O)Cc1cccc2ccccc12)NC(=O)[C@@H]1CCC(=O)N1Cc1ccccc1. The minimum absolute atomic E-state index is 0.0306. The van der Waals surface area contributed by atoms with E-state index in [2.05, 4.69) is 30.5 Å². The molecule has 3 N–H and O–H groups in total. The van der Waals surface area contributed by atoms with Crippen LogP contribution < -0.4 is 10.6 Å². The maximum atomic E-state index is 13.8. The summed E-state index contributed by atoms with van der Waals surface area (Å²) < 4.78 is 0. The first-order valence-corrected chi connectivity index (χ1v) is 17.4. The molecule has 3 aromatic rings. The van der Waals surface area contributed by atoms with E-state index in [9.17, 15) is 24.3 Å². The lowest BCUT2D eigenvalue weighted by Crippen LogP contribution is -2.54. The first-order valence-electron chi connectivity index (χ1n) is 16.0. The van der Waals surface area contributed by atoms with Crippen molar-refractivity contribution in [2.45, 2.75) is 70.7 Å². The number of nitrogens with zero attached hydrogens (tertiary/aromatic N) is 2. The monoisotopic (exact) mass is 646 g/mol. The maximum Gasteiger partial charge on any atom is 0.326 e. The molecule has 9 nitrogen and oxygen atoms in total. The molecule has 1 heterocycles. The predicted molar refractivity (Wildman–Crippen MR) is 183 cm³/mol. The lowest BCUT2D eigenvalue weighted by Gasteiger charge is -2.33. The van der Waals surface area contributed by atoms with Crippen LogP contribution in [0.1, 0.15) is 50.7 Å². The minimum atomic E-state index is -1.06. The molecule has 1 aliphatic heterocycles. The number of nitrogens with one attached hydrogen (secondary N) is 2. The summed E-state index contributed by atoms with van der Waals surface area (Å²) in [6.07, 6.45) is 3.81. The molecular formula is C36H46N4O5S. The van der Waals surface area contributed by atoms with E-state index in [0.29, 0.717) is 44.6 Å². The van der Waals surface area contributed by atoms with Crippen LogP contribution in [-0.2, 0) is 32.3 Å². The zero-order chi connectivity index (χ0) is 33.1. The molecule has 1 aliphatic rings. The van der Waals surface area contributed by atoms with Crippen molar-refractivity contribution in [3.63, 3.8) is 0 Å². The summed E-state index contributed by atoms with van der Waals surface area (Å²) in [7, 11) is 0. The third-order valence-electron chi connectivity index (χ3n) is 8.83. The molecule has 4 atom stereocenters. The average molecular weight is 647 g/mol. The highest BCUT2D eigenvalue weighted by atomic mass is 32.2. The Hall–Kier alpha value is -3.89. The van der Waals surface area contributed by atoms with Crippen molar-refractivity contribution in [3.05, 3.63) is 83.9 Å². The smallest absolute Gasteiger partial charge is 0.326 e. The number of carbonyl (C=O) groups excluding carboxylic acids is 3. The molecule has 3 aromatic carbocycles. The second kappa shape index (κ2) is 17.1. The number of carboxylic acid groups (broad SMARTS) is 1. The van der Waals surface area contributed by atoms with E-state index in [1.54, 1.807) is 4.90 Å². The fourth-order valence-corrected chi connectivity index (χ4v) is 6.46. The highest BCUT2D eigenvalue weighted by Crippen LogP contribution is 2.24. The number of hydrogen-bond acceptors (Lipinski definition) is 6. The van der Waals surface area contributed by atoms with Crippen LogP contribution in [0.2, 0.25) is 0 Å². The molecule has 3 amide bonds. The summed E-state index contributed by atoms with van der Waals surface area (Å²) in [5, 5.41) is 17.8. The van der Waals surface area contributed by atoms with Gasteiger partial charge in [0.1, 0.15) is 12.1 Å². The number of carboxylic acids is 1. The summed E-state index contributed by atoms with van der Waals surface area (Å²) in [5.41, 5.74) is 2.01. The molecule has 4 rings (SSSR count). The van der Waals surface area contributed by atoms with Gasteiger partial charge in [-0.1, -0.05) is 93.1 Å². The highest BCUT2D eigenvalue weighted by Gasteiger charge is 2.37. The molecule has 0 unspecified atom stereocenters. The topological polar surface area (TPSA) is 119 Å². The number of thioether (sulfide) groups is 1. The highest BCUT2D eigenvalue weighted by molar-refractivity contribution is 7.98. The summed E-state index contributed by atoms with van der Waals surface area (Å²) in [6, 6.07) is 22.0. The molecule has 10 heteroatoms. The summed E-state index contributed by atoms with van der Waals surface area (Å²) >= 11 is 1.53. The van der Waals surface area contributed by atoms with Crippen molar-refractivity contribution in [1.82, 2.24) is 20.4 Å². The minimum Gasteiger partial charge on any atom is -0.480 e. The van der Waals surface area contributed by atoms with Crippen molar-refractivity contribution in [2.75, 3.05) is 25.1 Å². The van der Waals surface area contributed by atoms with E-state index < -0.39 is 18.1 Å². The van der Waals surface area contributed by atoms with Gasteiger partial charge in [0, 0.05) is 32.1 Å². The van der Waals surface area contributed by atoms with Crippen molar-refractivity contribution in [3.8, 4) is 0 Å². The lowest BCUT2D eigenvalue weighted by atomic mass is 9.97. The molecule has 1 fully saturated rings. The van der Waals surface area contributed by atoms with Crippen LogP contribution in [-0.4, -0.2) is 81.8 Å². The Kier molecular flexibility index (Phi) is 13.0. The number of rotatable bonds is 17. The van der Waals surface area contributed by atoms with Crippen molar-refractivity contribution in [1.29, 1.82) is 0 Å². The number of benzene rings is 3. The molecule has 46 heavy (non-hydrogen) atoms. The molecule has 0 spiro atoms. The van der Waals surface area contributed by atoms with Crippen molar-refractivity contribution < 1.29 is 24.3 Å². The quantitative estimate of drug-likeness (QED) is 0.195. The number of aliphatic carboxylic acids is 1. The third-order valence-corrected chi connectivity index (χ3v) is 9.47. The number of hydrogen-bond donors (Lipinski definition) is 3. The van der Waals surface area contributed by atoms with Gasteiger partial charge in [-0.3, -0.25) is 19.3 Å². The normalized spacial score (nSPS) is 16.7. The van der Waals surface area contributed by atoms with Crippen LogP contribution >= 0.6 is 11.8 Å². The Balaban J connectivity index is 1.55. The van der Waals surface area contributed by atoms with Gasteiger partial charge in [-0.2, -0.15) is 11.8 Å². The van der Waals surface area contributed by atoms with E-state index in [4.69, 9.17) is 0 Å². The number of fused-ring (bicyclic) bond motifs is 1. The summed E-state index contributed by atoms with van der Waals surface area (Å²) in [4.78, 5) is 55.5. The average Bonchev–Trinajstić information content (AvgIpc) is 3.42. The van der Waals surface area contributed by atoms with Crippen LogP contribution in [0.4, 0.5) is 0 Å². The van der Waals surface area contributed by atoms with Crippen molar-refractivity contribution >= 4 is 46.2 Å². The summed E-state index contributed by atoms with van der Waals surface area (Å²) in [5.74, 6) is -0.964. The third kappa shape index (κ3) is 9.56. The van der Waals surface area contributed by atoms with Crippen LogP contribution in [0.5, 0.6) is 0 Å². The predicted octanol–water partition coefficient (Wildman–Crippen LogP) is 4.69. The fraction of sp³-hybridized carbons (Fsp3) is 0.444. The first-order chi connectivity index (χ1) is 22.2. The molecule has 0 aromatic heterocycles. The van der Waals surface area contributed by atoms with Gasteiger partial charge in [0.2, 0.25) is 17.7 Å². The molecular weight excluding hydrogens is 600 g/mol. The van der Waals surface area contributed by atoms with E-state index >= 15 is 0 Å². The number of likely N-dealkylation sites (tertiary alicyclic amines) is 1. The molecule has 246 valence electrons. The van der Waals surface area contributed by atoms with Gasteiger partial charge in [0.25, 0.3) is 0 Å². The van der Waals surface area contributed by atoms with Crippen LogP contribution in [0, 0.1) is 5.92 Å². The molecule has 0 saturated carbocycles. The Morgan fingerprint density at radius 2 is 1.74 bits per heavy atom. The molecule has 1 saturated heterocycles. The lowest BCUT2D eigenvalue weighted by molar-refractivity contribution is -0.142. The van der Waals surface area contributed by atoms with Crippen molar-refractivity contribution in [2.24, 2.45) is 5.92 Å². The van der Waals surface area contributed by atoms with Gasteiger partial charge < -0.3 is 20.6 Å². The molecule has 0 aliphatic carbocycles. The fourth-order valence-electron chi connectivity index (χ4n) is 5.99. The Morgan fingerprint density at radius 1 is 1.02 bits per heavy atom. The number of amides is 3. The van der Waals surface area contributed by atoms with E-state index in [-0.39, 0.29) is 36.2 Å². The standard InChI is InChI=1S/C36H46N4O5S/c1-4-25(2)31(38-35(43)32-17-18-34(42)40(32)21-26-11-6-5-7-12-26)23-39(24-33(41)37-30(36(44)45)19-20-46-3)22-28-15-10-14-27-13-8-9-16-29(27)28/h5-16,25,30-32H,4,17-24H2,1-3H3,(H,37,41)(H,38,43)(H,44,45)/t25-,30-,31+,32-/m0/s1. The summed E-state index contributed by atoms with van der Waals surface area (Å²) in [6.45, 7) is 5.29. The van der Waals surface area contributed by atoms with E-state index in [0.717, 1.165) is 28.3 Å². The van der Waals surface area contributed by atoms with Gasteiger partial charge >= 0.3 is 5.97 Å². The van der Waals surface area contributed by atoms with Gasteiger partial charge in [0.05, 0.1) is 6.54 Å². The molecule has 0 bridgehead atoms. The van der Waals surface area contributed by atoms with Crippen LogP contribution in [0.25, 0.3) is 10.8 Å². The first kappa shape index (κ1) is 35.0. The Bertz CT molecular complexity index is 1480.